The Kier molecular flexibility index (Phi) is 6.54. The van der Waals surface area contributed by atoms with Gasteiger partial charge in [-0.2, -0.15) is 0 Å². The van der Waals surface area contributed by atoms with E-state index in [-0.39, 0.29) is 5.41 Å². The molecule has 2 nitrogen and oxygen atoms in total. The van der Waals surface area contributed by atoms with Gasteiger partial charge in [0, 0.05) is 28.9 Å². The average Bonchev–Trinajstić information content (AvgIpc) is 3.52. The van der Waals surface area contributed by atoms with Crippen molar-refractivity contribution in [3.63, 3.8) is 0 Å². The Morgan fingerprint density at radius 2 is 0.661 bits per heavy atom. The first-order valence-electron chi connectivity index (χ1n) is 20.5. The molecule has 10 aromatic carbocycles. The molecule has 0 aliphatic heterocycles. The molecule has 0 saturated heterocycles. The van der Waals surface area contributed by atoms with Crippen molar-refractivity contribution >= 4 is 64.6 Å². The van der Waals surface area contributed by atoms with Gasteiger partial charge in [-0.05, 0) is 121 Å². The molecule has 0 saturated carbocycles. The summed E-state index contributed by atoms with van der Waals surface area (Å²) in [5.74, 6) is 0. The van der Waals surface area contributed by atoms with Gasteiger partial charge in [-0.15, -0.1) is 0 Å². The standard InChI is InChI=1S/C57H36N2/c1-57(2)49-29-43(33-9-13-35(14-10-33)45-25-21-41-19-17-37-5-3-7-39-23-27-47(45)53(41)51(37)39)31-58-55(49)56-50(57)30-44(32-59-56)34-11-15-36(16-12-34)46-26-22-42-20-18-38-6-4-8-40-24-28-48(46)54(42)52(38)40/h3-32H,1-2H3. The molecule has 2 heterocycles. The van der Waals surface area contributed by atoms with Gasteiger partial charge in [-0.1, -0.05) is 172 Å². The van der Waals surface area contributed by atoms with Gasteiger partial charge in [0.25, 0.3) is 0 Å². The molecule has 2 heteroatoms. The minimum absolute atomic E-state index is 0.250. The first kappa shape index (κ1) is 32.6. The van der Waals surface area contributed by atoms with Gasteiger partial charge < -0.3 is 0 Å². The zero-order chi connectivity index (χ0) is 39.0. The van der Waals surface area contributed by atoms with E-state index in [1.165, 1.54) is 98.0 Å². The zero-order valence-electron chi connectivity index (χ0n) is 32.7. The molecule has 2 aromatic heterocycles. The number of rotatable bonds is 4. The van der Waals surface area contributed by atoms with Crippen LogP contribution in [0.1, 0.15) is 25.0 Å². The molecule has 0 N–H and O–H groups in total. The normalized spacial score (nSPS) is 13.4. The second-order valence-electron chi connectivity index (χ2n) is 17.0. The van der Waals surface area contributed by atoms with E-state index in [0.717, 1.165) is 33.6 Å². The molecule has 1 aliphatic carbocycles. The quantitative estimate of drug-likeness (QED) is 0.168. The van der Waals surface area contributed by atoms with E-state index in [4.69, 9.17) is 9.97 Å². The van der Waals surface area contributed by atoms with Crippen LogP contribution >= 0.6 is 0 Å². The summed E-state index contributed by atoms with van der Waals surface area (Å²) >= 11 is 0. The maximum absolute atomic E-state index is 5.08. The molecule has 0 spiro atoms. The summed E-state index contributed by atoms with van der Waals surface area (Å²) in [5.41, 5.74) is 13.7. The van der Waals surface area contributed by atoms with Crippen molar-refractivity contribution in [3.8, 4) is 55.9 Å². The van der Waals surface area contributed by atoms with Gasteiger partial charge in [0.2, 0.25) is 0 Å². The van der Waals surface area contributed by atoms with Crippen molar-refractivity contribution in [1.29, 1.82) is 0 Å². The molecule has 0 bridgehead atoms. The van der Waals surface area contributed by atoms with Crippen LogP contribution < -0.4 is 0 Å². The number of pyridine rings is 2. The fourth-order valence-electron chi connectivity index (χ4n) is 10.4. The Morgan fingerprint density at radius 3 is 1.07 bits per heavy atom. The number of aromatic nitrogens is 2. The summed E-state index contributed by atoms with van der Waals surface area (Å²) in [6, 6.07) is 63.1. The maximum Gasteiger partial charge on any atom is 0.0930 e. The Morgan fingerprint density at radius 1 is 0.322 bits per heavy atom. The largest absolute Gasteiger partial charge is 0.254 e. The highest BCUT2D eigenvalue weighted by Gasteiger charge is 2.38. The van der Waals surface area contributed by atoms with Gasteiger partial charge in [0.15, 0.2) is 0 Å². The topological polar surface area (TPSA) is 25.8 Å². The third-order valence-electron chi connectivity index (χ3n) is 13.5. The molecular formula is C57H36N2. The van der Waals surface area contributed by atoms with Crippen molar-refractivity contribution < 1.29 is 0 Å². The van der Waals surface area contributed by atoms with Crippen molar-refractivity contribution in [1.82, 2.24) is 9.97 Å². The van der Waals surface area contributed by atoms with Crippen LogP contribution in [0.15, 0.2) is 182 Å². The molecule has 13 rings (SSSR count). The van der Waals surface area contributed by atoms with E-state index in [9.17, 15) is 0 Å². The van der Waals surface area contributed by atoms with E-state index < -0.39 is 0 Å². The molecule has 0 amide bonds. The number of benzene rings is 10. The van der Waals surface area contributed by atoms with E-state index in [1.807, 2.05) is 12.4 Å². The van der Waals surface area contributed by atoms with Crippen LogP contribution in [0.5, 0.6) is 0 Å². The SMILES string of the molecule is CC1(C)c2cc(-c3ccc(-c4ccc5ccc6cccc7ccc4c5c67)cc3)cnc2-c2ncc(-c3ccc(-c4ccc5ccc6cccc7ccc4c5c67)cc3)cc21. The van der Waals surface area contributed by atoms with Crippen molar-refractivity contribution in [2.24, 2.45) is 0 Å². The summed E-state index contributed by atoms with van der Waals surface area (Å²) in [5, 5.41) is 15.7. The molecule has 1 aliphatic rings. The van der Waals surface area contributed by atoms with E-state index in [2.05, 4.69) is 184 Å². The smallest absolute Gasteiger partial charge is 0.0930 e. The van der Waals surface area contributed by atoms with Gasteiger partial charge in [0.1, 0.15) is 0 Å². The van der Waals surface area contributed by atoms with Crippen molar-refractivity contribution in [2.75, 3.05) is 0 Å². The minimum Gasteiger partial charge on any atom is -0.254 e. The Hall–Kier alpha value is -7.42. The molecule has 274 valence electrons. The maximum atomic E-state index is 5.08. The monoisotopic (exact) mass is 748 g/mol. The van der Waals surface area contributed by atoms with Crippen LogP contribution in [0.3, 0.4) is 0 Å². The molecule has 0 atom stereocenters. The second kappa shape index (κ2) is 11.8. The molecule has 59 heavy (non-hydrogen) atoms. The molecular weight excluding hydrogens is 713 g/mol. The van der Waals surface area contributed by atoms with Gasteiger partial charge in [-0.3, -0.25) is 9.97 Å². The summed E-state index contributed by atoms with van der Waals surface area (Å²) in [6.07, 6.45) is 4.03. The lowest BCUT2D eigenvalue weighted by molar-refractivity contribution is 0.658. The van der Waals surface area contributed by atoms with Gasteiger partial charge >= 0.3 is 0 Å². The van der Waals surface area contributed by atoms with Crippen molar-refractivity contribution in [2.45, 2.75) is 19.3 Å². The molecule has 0 radical (unpaired) electrons. The number of hydrogen-bond donors (Lipinski definition) is 0. The molecule has 0 fully saturated rings. The summed E-state index contributed by atoms with van der Waals surface area (Å²) in [6.45, 7) is 4.62. The molecule has 12 aromatic rings. The fourth-order valence-corrected chi connectivity index (χ4v) is 10.4. The minimum atomic E-state index is -0.250. The predicted octanol–water partition coefficient (Wildman–Crippen LogP) is 15.2. The highest BCUT2D eigenvalue weighted by atomic mass is 14.8. The highest BCUT2D eigenvalue weighted by Crippen LogP contribution is 2.49. The van der Waals surface area contributed by atoms with Gasteiger partial charge in [-0.25, -0.2) is 0 Å². The summed E-state index contributed by atoms with van der Waals surface area (Å²) < 4.78 is 0. The van der Waals surface area contributed by atoms with E-state index in [1.54, 1.807) is 0 Å². The van der Waals surface area contributed by atoms with Crippen LogP contribution in [0.25, 0.3) is 121 Å². The number of nitrogens with zero attached hydrogens (tertiary/aromatic N) is 2. The second-order valence-corrected chi connectivity index (χ2v) is 17.0. The van der Waals surface area contributed by atoms with Crippen molar-refractivity contribution in [3.05, 3.63) is 193 Å². The zero-order valence-corrected chi connectivity index (χ0v) is 32.7. The highest BCUT2D eigenvalue weighted by molar-refractivity contribution is 6.26. The third-order valence-corrected chi connectivity index (χ3v) is 13.5. The average molecular weight is 749 g/mol. The van der Waals surface area contributed by atoms with Gasteiger partial charge in [0.05, 0.1) is 11.4 Å². The summed E-state index contributed by atoms with van der Waals surface area (Å²) in [7, 11) is 0. The van der Waals surface area contributed by atoms with Crippen LogP contribution in [0.4, 0.5) is 0 Å². The van der Waals surface area contributed by atoms with Crippen LogP contribution in [-0.2, 0) is 5.41 Å². The van der Waals surface area contributed by atoms with E-state index >= 15 is 0 Å². The van der Waals surface area contributed by atoms with Crippen LogP contribution in [0, 0.1) is 0 Å². The third kappa shape index (κ3) is 4.63. The lowest BCUT2D eigenvalue weighted by Crippen LogP contribution is -2.15. The Labute approximate surface area is 341 Å². The first-order valence-corrected chi connectivity index (χ1v) is 20.5. The molecule has 0 unspecified atom stereocenters. The predicted molar refractivity (Wildman–Crippen MR) is 249 cm³/mol. The Bertz CT molecular complexity index is 3390. The lowest BCUT2D eigenvalue weighted by Gasteiger charge is -2.22. The summed E-state index contributed by atoms with van der Waals surface area (Å²) in [4.78, 5) is 10.2. The first-order chi connectivity index (χ1) is 29.0. The Balaban J connectivity index is 0.815. The number of fused-ring (bicyclic) bond motifs is 3. The van der Waals surface area contributed by atoms with Crippen LogP contribution in [-0.4, -0.2) is 9.97 Å². The van der Waals surface area contributed by atoms with E-state index in [0.29, 0.717) is 0 Å². The lowest BCUT2D eigenvalue weighted by atomic mass is 9.81. The van der Waals surface area contributed by atoms with Crippen LogP contribution in [0.2, 0.25) is 0 Å². The number of hydrogen-bond acceptors (Lipinski definition) is 2. The fraction of sp³-hybridized carbons (Fsp3) is 0.0526.